The zero-order chi connectivity index (χ0) is 27.2. The van der Waals surface area contributed by atoms with Gasteiger partial charge < -0.3 is 24.8 Å². The molecule has 1 aliphatic rings. The van der Waals surface area contributed by atoms with Crippen molar-refractivity contribution in [3.63, 3.8) is 0 Å². The van der Waals surface area contributed by atoms with Crippen molar-refractivity contribution in [1.82, 2.24) is 20.0 Å². The number of rotatable bonds is 8. The molecule has 1 aliphatic heterocycles. The Balaban J connectivity index is 1.58. The fourth-order valence-electron chi connectivity index (χ4n) is 3.31. The van der Waals surface area contributed by atoms with E-state index in [-0.39, 0.29) is 35.7 Å². The Morgan fingerprint density at radius 3 is 2.54 bits per heavy atom. The fraction of sp³-hybridized carbons (Fsp3) is 0.500. The average molecular weight is 536 g/mol. The minimum absolute atomic E-state index is 0.0288. The maximum atomic E-state index is 12.6. The van der Waals surface area contributed by atoms with Gasteiger partial charge in [-0.05, 0) is 52.3 Å². The number of aromatic nitrogens is 2. The molecule has 0 radical (unpaired) electrons. The molecule has 0 bridgehead atoms. The molecule has 1 saturated heterocycles. The first-order valence-corrected chi connectivity index (χ1v) is 13.4. The Hall–Kier alpha value is -3.45. The molecule has 2 amide bonds. The summed E-state index contributed by atoms with van der Waals surface area (Å²) in [5.74, 6) is 0.233. The van der Waals surface area contributed by atoms with Gasteiger partial charge in [0.1, 0.15) is 11.7 Å². The second-order valence-corrected chi connectivity index (χ2v) is 11.3. The summed E-state index contributed by atoms with van der Waals surface area (Å²) in [4.78, 5) is 32.3. The molecule has 2 heterocycles. The van der Waals surface area contributed by atoms with Crippen LogP contribution in [0.25, 0.3) is 0 Å². The van der Waals surface area contributed by atoms with Crippen LogP contribution in [-0.4, -0.2) is 54.9 Å². The van der Waals surface area contributed by atoms with E-state index < -0.39 is 27.8 Å². The molecule has 202 valence electrons. The Bertz CT molecular complexity index is 1200. The first kappa shape index (κ1) is 28.1. The highest BCUT2D eigenvalue weighted by molar-refractivity contribution is 7.90. The van der Waals surface area contributed by atoms with Crippen molar-refractivity contribution in [2.45, 2.75) is 76.2 Å². The van der Waals surface area contributed by atoms with Crippen LogP contribution in [0.15, 0.2) is 41.6 Å². The van der Waals surface area contributed by atoms with Crippen LogP contribution in [-0.2, 0) is 24.2 Å². The maximum absolute atomic E-state index is 12.6. The quantitative estimate of drug-likeness (QED) is 0.454. The molecule has 0 spiro atoms. The standard InChI is InChI=1S/C24H33N5O7S/c1-6-15(2)27-22(30)35-18-11-20(34-14-18)16-12-25-21(26-13-16)28-17-8-7-9-19(10-17)37(32,33)29-23(31)36-24(3,4)5/h7-10,12-13,15,18,20H,6,11,14H2,1-5H3,(H,27,30)(H,29,31)(H,25,26,28)/t15-,18-,20-/m0/s1. The van der Waals surface area contributed by atoms with E-state index >= 15 is 0 Å². The minimum atomic E-state index is -4.15. The summed E-state index contributed by atoms with van der Waals surface area (Å²) in [7, 11) is -4.15. The molecule has 2 aromatic rings. The zero-order valence-electron chi connectivity index (χ0n) is 21.5. The molecular formula is C24H33N5O7S. The van der Waals surface area contributed by atoms with E-state index in [9.17, 15) is 18.0 Å². The summed E-state index contributed by atoms with van der Waals surface area (Å²) >= 11 is 0. The lowest BCUT2D eigenvalue weighted by atomic mass is 10.1. The number of amides is 2. The SMILES string of the molecule is CC[C@H](C)NC(=O)O[C@@H]1CO[C@H](c2cnc(Nc3cccc(S(=O)(=O)NC(=O)OC(C)(C)C)c3)nc2)C1. The van der Waals surface area contributed by atoms with Gasteiger partial charge in [-0.1, -0.05) is 13.0 Å². The highest BCUT2D eigenvalue weighted by Gasteiger charge is 2.30. The summed E-state index contributed by atoms with van der Waals surface area (Å²) in [6.45, 7) is 9.05. The fourth-order valence-corrected chi connectivity index (χ4v) is 4.23. The lowest BCUT2D eigenvalue weighted by molar-refractivity contribution is 0.0570. The summed E-state index contributed by atoms with van der Waals surface area (Å²) in [5, 5.41) is 5.69. The summed E-state index contributed by atoms with van der Waals surface area (Å²) in [6.07, 6.45) is 2.24. The van der Waals surface area contributed by atoms with E-state index in [0.717, 1.165) is 12.0 Å². The summed E-state index contributed by atoms with van der Waals surface area (Å²) < 4.78 is 43.2. The molecule has 1 fully saturated rings. The van der Waals surface area contributed by atoms with Crippen molar-refractivity contribution in [1.29, 1.82) is 0 Å². The number of nitrogens with zero attached hydrogens (tertiary/aromatic N) is 2. The van der Waals surface area contributed by atoms with Crippen molar-refractivity contribution in [3.8, 4) is 0 Å². The third-order valence-corrected chi connectivity index (χ3v) is 6.58. The summed E-state index contributed by atoms with van der Waals surface area (Å²) in [5.41, 5.74) is 0.279. The topological polar surface area (TPSA) is 158 Å². The van der Waals surface area contributed by atoms with Crippen LogP contribution in [0.1, 0.15) is 59.1 Å². The lowest BCUT2D eigenvalue weighted by Gasteiger charge is -2.19. The van der Waals surface area contributed by atoms with Crippen molar-refractivity contribution >= 4 is 33.8 Å². The van der Waals surface area contributed by atoms with Crippen LogP contribution >= 0.6 is 0 Å². The predicted molar refractivity (Wildman–Crippen MR) is 135 cm³/mol. The molecule has 3 N–H and O–H groups in total. The van der Waals surface area contributed by atoms with E-state index in [4.69, 9.17) is 14.2 Å². The number of alkyl carbamates (subject to hydrolysis) is 1. The largest absolute Gasteiger partial charge is 0.444 e. The Kier molecular flexibility index (Phi) is 8.92. The lowest BCUT2D eigenvalue weighted by Crippen LogP contribution is -2.36. The van der Waals surface area contributed by atoms with Gasteiger partial charge in [0.05, 0.1) is 17.6 Å². The van der Waals surface area contributed by atoms with Gasteiger partial charge in [-0.3, -0.25) is 0 Å². The molecule has 3 atom stereocenters. The van der Waals surface area contributed by atoms with E-state index in [1.165, 1.54) is 18.2 Å². The predicted octanol–water partition coefficient (Wildman–Crippen LogP) is 3.79. The molecule has 3 rings (SSSR count). The van der Waals surface area contributed by atoms with E-state index in [0.29, 0.717) is 12.1 Å². The Morgan fingerprint density at radius 1 is 1.19 bits per heavy atom. The van der Waals surface area contributed by atoms with Gasteiger partial charge in [0.2, 0.25) is 5.95 Å². The number of sulfonamides is 1. The number of benzene rings is 1. The second-order valence-electron chi connectivity index (χ2n) is 9.64. The van der Waals surface area contributed by atoms with Gasteiger partial charge in [0.25, 0.3) is 10.0 Å². The first-order valence-electron chi connectivity index (χ1n) is 11.9. The normalized spacial score (nSPS) is 18.5. The highest BCUT2D eigenvalue weighted by Crippen LogP contribution is 2.30. The van der Waals surface area contributed by atoms with Gasteiger partial charge in [-0.25, -0.2) is 32.7 Å². The zero-order valence-corrected chi connectivity index (χ0v) is 22.3. The van der Waals surface area contributed by atoms with Crippen LogP contribution in [0.4, 0.5) is 21.2 Å². The number of hydrogen-bond acceptors (Lipinski definition) is 10. The first-order chi connectivity index (χ1) is 17.3. The van der Waals surface area contributed by atoms with Gasteiger partial charge in [0.15, 0.2) is 0 Å². The van der Waals surface area contributed by atoms with Crippen LogP contribution in [0, 0.1) is 0 Å². The Labute approximate surface area is 216 Å². The second kappa shape index (κ2) is 11.7. The monoisotopic (exact) mass is 535 g/mol. The van der Waals surface area contributed by atoms with Gasteiger partial charge in [-0.2, -0.15) is 0 Å². The summed E-state index contributed by atoms with van der Waals surface area (Å²) in [6, 6.07) is 5.87. The molecule has 0 unspecified atom stereocenters. The molecule has 0 aliphatic carbocycles. The maximum Gasteiger partial charge on any atom is 0.421 e. The van der Waals surface area contributed by atoms with Gasteiger partial charge in [-0.15, -0.1) is 0 Å². The van der Waals surface area contributed by atoms with E-state index in [2.05, 4.69) is 20.6 Å². The molecular weight excluding hydrogens is 502 g/mol. The minimum Gasteiger partial charge on any atom is -0.444 e. The van der Waals surface area contributed by atoms with Crippen molar-refractivity contribution in [2.24, 2.45) is 0 Å². The number of ether oxygens (including phenoxy) is 3. The molecule has 1 aromatic carbocycles. The van der Waals surface area contributed by atoms with E-state index in [1.807, 2.05) is 18.6 Å². The molecule has 12 nitrogen and oxygen atoms in total. The molecule has 1 aromatic heterocycles. The molecule has 0 saturated carbocycles. The van der Waals surface area contributed by atoms with Crippen molar-refractivity contribution in [2.75, 3.05) is 11.9 Å². The molecule has 37 heavy (non-hydrogen) atoms. The van der Waals surface area contributed by atoms with Gasteiger partial charge in [0, 0.05) is 36.1 Å². The van der Waals surface area contributed by atoms with Gasteiger partial charge >= 0.3 is 12.2 Å². The number of anilines is 2. The number of carbonyl (C=O) groups excluding carboxylic acids is 2. The van der Waals surface area contributed by atoms with Crippen molar-refractivity contribution in [3.05, 3.63) is 42.2 Å². The third kappa shape index (κ3) is 8.57. The average Bonchev–Trinajstić information content (AvgIpc) is 3.26. The number of nitrogens with one attached hydrogen (secondary N) is 3. The third-order valence-electron chi connectivity index (χ3n) is 5.27. The van der Waals surface area contributed by atoms with Crippen LogP contribution in [0.2, 0.25) is 0 Å². The Morgan fingerprint density at radius 2 is 1.89 bits per heavy atom. The van der Waals surface area contributed by atoms with Crippen LogP contribution in [0.3, 0.4) is 0 Å². The van der Waals surface area contributed by atoms with Crippen molar-refractivity contribution < 1.29 is 32.2 Å². The molecule has 13 heteroatoms. The smallest absolute Gasteiger partial charge is 0.421 e. The van der Waals surface area contributed by atoms with E-state index in [1.54, 1.807) is 39.2 Å². The van der Waals surface area contributed by atoms with Crippen LogP contribution < -0.4 is 15.4 Å². The van der Waals surface area contributed by atoms with Crippen LogP contribution in [0.5, 0.6) is 0 Å². The highest BCUT2D eigenvalue weighted by atomic mass is 32.2. The number of carbonyl (C=O) groups is 2. The number of hydrogen-bond donors (Lipinski definition) is 3.